The number of pyridine rings is 1. The molecule has 2 aromatic heterocycles. The molecule has 0 spiro atoms. The van der Waals surface area contributed by atoms with Gasteiger partial charge in [-0.2, -0.15) is 13.2 Å². The first-order valence-corrected chi connectivity index (χ1v) is 11.3. The molecular formula is C26H27F3N4O2. The van der Waals surface area contributed by atoms with E-state index >= 15 is 0 Å². The van der Waals surface area contributed by atoms with Gasteiger partial charge in [-0.3, -0.25) is 0 Å². The van der Waals surface area contributed by atoms with Crippen LogP contribution in [0.25, 0.3) is 22.4 Å². The minimum absolute atomic E-state index is 0.0112. The van der Waals surface area contributed by atoms with Crippen molar-refractivity contribution in [2.75, 3.05) is 19.0 Å². The van der Waals surface area contributed by atoms with Crippen molar-refractivity contribution in [3.63, 3.8) is 0 Å². The number of hydrogen-bond acceptors (Lipinski definition) is 5. The predicted octanol–water partition coefficient (Wildman–Crippen LogP) is 5.85. The Balaban J connectivity index is 1.93. The second kappa shape index (κ2) is 9.95. The van der Waals surface area contributed by atoms with Gasteiger partial charge in [0.1, 0.15) is 28.4 Å². The summed E-state index contributed by atoms with van der Waals surface area (Å²) in [4.78, 5) is 8.60. The van der Waals surface area contributed by atoms with Crippen LogP contribution in [0.1, 0.15) is 36.5 Å². The first kappa shape index (κ1) is 24.5. The first-order valence-electron chi connectivity index (χ1n) is 11.3. The van der Waals surface area contributed by atoms with Crippen LogP contribution < -0.4 is 10.1 Å². The smallest absolute Gasteiger partial charge is 0.418 e. The lowest BCUT2D eigenvalue weighted by Gasteiger charge is -2.17. The van der Waals surface area contributed by atoms with E-state index in [9.17, 15) is 18.3 Å². The fourth-order valence-electron chi connectivity index (χ4n) is 4.15. The van der Waals surface area contributed by atoms with Crippen molar-refractivity contribution in [3.8, 4) is 17.1 Å². The molecule has 2 N–H and O–H groups in total. The lowest BCUT2D eigenvalue weighted by Crippen LogP contribution is -2.14. The van der Waals surface area contributed by atoms with Crippen LogP contribution in [0.5, 0.6) is 5.75 Å². The Labute approximate surface area is 201 Å². The monoisotopic (exact) mass is 484 g/mol. The number of hydrogen-bond donors (Lipinski definition) is 2. The normalized spacial score (nSPS) is 11.9. The summed E-state index contributed by atoms with van der Waals surface area (Å²) in [5, 5.41) is 12.7. The third kappa shape index (κ3) is 4.95. The molecule has 0 radical (unpaired) electrons. The van der Waals surface area contributed by atoms with E-state index in [0.29, 0.717) is 23.1 Å². The number of imidazole rings is 1. The van der Waals surface area contributed by atoms with Crippen LogP contribution in [0.4, 0.5) is 19.0 Å². The Bertz CT molecular complexity index is 1300. The Kier molecular flexibility index (Phi) is 6.98. The molecule has 0 unspecified atom stereocenters. The number of aromatic nitrogens is 3. The number of fused-ring (bicyclic) bond motifs is 1. The average Bonchev–Trinajstić information content (AvgIpc) is 3.21. The molecule has 4 aromatic rings. The maximum absolute atomic E-state index is 14.4. The van der Waals surface area contributed by atoms with Crippen molar-refractivity contribution in [1.82, 2.24) is 14.5 Å². The van der Waals surface area contributed by atoms with Gasteiger partial charge in [-0.25, -0.2) is 9.97 Å². The molecule has 35 heavy (non-hydrogen) atoms. The minimum Gasteiger partial charge on any atom is -0.494 e. The zero-order valence-corrected chi connectivity index (χ0v) is 19.7. The molecule has 0 atom stereocenters. The number of nitrogens with one attached hydrogen (secondary N) is 1. The van der Waals surface area contributed by atoms with Crippen molar-refractivity contribution in [1.29, 1.82) is 0 Å². The third-order valence-corrected chi connectivity index (χ3v) is 5.85. The van der Waals surface area contributed by atoms with Gasteiger partial charge in [0.05, 0.1) is 19.3 Å². The van der Waals surface area contributed by atoms with Gasteiger partial charge in [-0.15, -0.1) is 0 Å². The quantitative estimate of drug-likeness (QED) is 0.328. The highest BCUT2D eigenvalue weighted by Gasteiger charge is 2.38. The molecule has 0 bridgehead atoms. The summed E-state index contributed by atoms with van der Waals surface area (Å²) in [5.74, 6) is 1.35. The molecule has 0 saturated heterocycles. The van der Waals surface area contributed by atoms with Crippen molar-refractivity contribution in [3.05, 3.63) is 71.4 Å². The van der Waals surface area contributed by atoms with Gasteiger partial charge in [0, 0.05) is 24.8 Å². The number of nitrogens with zero attached hydrogens (tertiary/aromatic N) is 3. The van der Waals surface area contributed by atoms with Crippen molar-refractivity contribution in [2.45, 2.75) is 39.0 Å². The first-order chi connectivity index (χ1) is 16.7. The number of ether oxygens (including phenoxy) is 1. The number of halogens is 3. The van der Waals surface area contributed by atoms with Gasteiger partial charge < -0.3 is 19.7 Å². The highest BCUT2D eigenvalue weighted by atomic mass is 19.4. The summed E-state index contributed by atoms with van der Waals surface area (Å²) < 4.78 is 50.4. The molecule has 4 rings (SSSR count). The molecule has 0 aliphatic rings. The summed E-state index contributed by atoms with van der Waals surface area (Å²) >= 11 is 0. The van der Waals surface area contributed by atoms with E-state index < -0.39 is 11.7 Å². The summed E-state index contributed by atoms with van der Waals surface area (Å²) in [6.45, 7) is 3.81. The van der Waals surface area contributed by atoms with E-state index in [2.05, 4.69) is 29.1 Å². The van der Waals surface area contributed by atoms with Crippen LogP contribution in [0.15, 0.2) is 54.7 Å². The van der Waals surface area contributed by atoms with Crippen LogP contribution in [-0.2, 0) is 19.3 Å². The molecule has 2 heterocycles. The SMILES string of the molecule is COc1cc(CNc2ccccn2)c(C(F)(F)F)c2nc(-c3ccc(C(C)C)cc3)n(CCO)c12. The van der Waals surface area contributed by atoms with E-state index in [4.69, 9.17) is 4.74 Å². The van der Waals surface area contributed by atoms with Gasteiger partial charge in [0.2, 0.25) is 0 Å². The minimum atomic E-state index is -4.66. The lowest BCUT2D eigenvalue weighted by molar-refractivity contribution is -0.137. The van der Waals surface area contributed by atoms with E-state index in [1.807, 2.05) is 24.3 Å². The zero-order chi connectivity index (χ0) is 25.2. The molecule has 0 saturated carbocycles. The maximum Gasteiger partial charge on any atom is 0.418 e. The second-order valence-electron chi connectivity index (χ2n) is 8.46. The van der Waals surface area contributed by atoms with Gasteiger partial charge in [0.25, 0.3) is 0 Å². The lowest BCUT2D eigenvalue weighted by atomic mass is 10.0. The summed E-state index contributed by atoms with van der Waals surface area (Å²) in [6, 6.07) is 14.1. The number of benzene rings is 2. The number of methoxy groups -OCH3 is 1. The molecule has 0 aliphatic carbocycles. The summed E-state index contributed by atoms with van der Waals surface area (Å²) in [5.41, 5.74) is 0.887. The van der Waals surface area contributed by atoms with Crippen molar-refractivity contribution in [2.24, 2.45) is 0 Å². The van der Waals surface area contributed by atoms with Crippen LogP contribution in [-0.4, -0.2) is 33.4 Å². The van der Waals surface area contributed by atoms with Crippen LogP contribution in [0, 0.1) is 0 Å². The number of rotatable bonds is 8. The van der Waals surface area contributed by atoms with Gasteiger partial charge in [-0.05, 0) is 35.2 Å². The van der Waals surface area contributed by atoms with E-state index in [0.717, 1.165) is 5.56 Å². The molecular weight excluding hydrogens is 457 g/mol. The Morgan fingerprint density at radius 2 is 1.86 bits per heavy atom. The third-order valence-electron chi connectivity index (χ3n) is 5.85. The molecule has 6 nitrogen and oxygen atoms in total. The standard InChI is InChI=1S/C26H27F3N4O2/c1-16(2)17-7-9-18(10-8-17)25-32-23-22(26(27,28)29)19(15-31-21-6-4-5-11-30-21)14-20(35-3)24(23)33(25)12-13-34/h4-11,14,16,34H,12-13,15H2,1-3H3,(H,30,31). The predicted molar refractivity (Wildman–Crippen MR) is 129 cm³/mol. The van der Waals surface area contributed by atoms with Gasteiger partial charge in [-0.1, -0.05) is 44.2 Å². The van der Waals surface area contributed by atoms with E-state index in [1.54, 1.807) is 29.0 Å². The van der Waals surface area contributed by atoms with E-state index in [-0.39, 0.29) is 42.0 Å². The molecule has 184 valence electrons. The maximum atomic E-state index is 14.4. The molecule has 2 aromatic carbocycles. The highest BCUT2D eigenvalue weighted by Crippen LogP contribution is 2.43. The summed E-state index contributed by atoms with van der Waals surface area (Å²) in [6.07, 6.45) is -3.10. The molecule has 0 amide bonds. The summed E-state index contributed by atoms with van der Waals surface area (Å²) in [7, 11) is 1.41. The van der Waals surface area contributed by atoms with Gasteiger partial charge in [0.15, 0.2) is 0 Å². The number of anilines is 1. The Morgan fingerprint density at radius 3 is 2.43 bits per heavy atom. The fraction of sp³-hybridized carbons (Fsp3) is 0.308. The Hall–Kier alpha value is -3.59. The topological polar surface area (TPSA) is 72.2 Å². The molecule has 0 fully saturated rings. The van der Waals surface area contributed by atoms with Crippen molar-refractivity contribution >= 4 is 16.9 Å². The highest BCUT2D eigenvalue weighted by molar-refractivity contribution is 5.90. The fourth-order valence-corrected chi connectivity index (χ4v) is 4.15. The molecule has 9 heteroatoms. The van der Waals surface area contributed by atoms with Crippen LogP contribution in [0.3, 0.4) is 0 Å². The van der Waals surface area contributed by atoms with E-state index in [1.165, 1.54) is 13.2 Å². The molecule has 0 aliphatic heterocycles. The number of aliphatic hydroxyl groups is 1. The van der Waals surface area contributed by atoms with Crippen LogP contribution >= 0.6 is 0 Å². The Morgan fingerprint density at radius 1 is 1.11 bits per heavy atom. The zero-order valence-electron chi connectivity index (χ0n) is 19.7. The van der Waals surface area contributed by atoms with Crippen LogP contribution in [0.2, 0.25) is 0 Å². The number of alkyl halides is 3. The van der Waals surface area contributed by atoms with Crippen molar-refractivity contribution < 1.29 is 23.0 Å². The number of aliphatic hydroxyl groups excluding tert-OH is 1. The largest absolute Gasteiger partial charge is 0.494 e. The van der Waals surface area contributed by atoms with Gasteiger partial charge >= 0.3 is 6.18 Å². The second-order valence-corrected chi connectivity index (χ2v) is 8.46. The average molecular weight is 485 g/mol.